The van der Waals surface area contributed by atoms with Crippen LogP contribution in [0.15, 0.2) is 59.4 Å². The first kappa shape index (κ1) is 21.2. The maximum absolute atomic E-state index is 12.7. The number of aromatic nitrogens is 4. The third-order valence-electron chi connectivity index (χ3n) is 5.33. The lowest BCUT2D eigenvalue weighted by molar-refractivity contribution is 0.262. The molecule has 5 rings (SSSR count). The molecule has 10 heteroatoms. The number of carbonyl (C=O) groups is 1. The van der Waals surface area contributed by atoms with Crippen molar-refractivity contribution in [1.82, 2.24) is 19.7 Å². The zero-order chi connectivity index (χ0) is 22.9. The van der Waals surface area contributed by atoms with Crippen LogP contribution in [0.25, 0.3) is 17.2 Å². The number of halogens is 2. The van der Waals surface area contributed by atoms with Gasteiger partial charge in [-0.2, -0.15) is 9.78 Å². The maximum atomic E-state index is 12.7. The average molecular weight is 481 g/mol. The first-order valence-electron chi connectivity index (χ1n) is 10.3. The SMILES string of the molecule is O=C(Nc1ccc(Cl)c(Cl)c1)Nc1cc(-c2ccccc2)nn1-c1nc2c(c(=O)[nH]1)CCC2. The van der Waals surface area contributed by atoms with Crippen LogP contribution in [-0.4, -0.2) is 25.8 Å². The number of nitrogens with zero attached hydrogens (tertiary/aromatic N) is 3. The van der Waals surface area contributed by atoms with Crippen LogP contribution >= 0.6 is 23.2 Å². The predicted molar refractivity (Wildman–Crippen MR) is 129 cm³/mol. The summed E-state index contributed by atoms with van der Waals surface area (Å²) >= 11 is 12.0. The Bertz CT molecular complexity index is 1410. The maximum Gasteiger partial charge on any atom is 0.324 e. The summed E-state index contributed by atoms with van der Waals surface area (Å²) in [6, 6.07) is 15.5. The van der Waals surface area contributed by atoms with Gasteiger partial charge >= 0.3 is 6.03 Å². The third-order valence-corrected chi connectivity index (χ3v) is 6.07. The van der Waals surface area contributed by atoms with E-state index in [1.165, 1.54) is 4.68 Å². The molecule has 33 heavy (non-hydrogen) atoms. The van der Waals surface area contributed by atoms with Crippen molar-refractivity contribution < 1.29 is 4.79 Å². The van der Waals surface area contributed by atoms with Gasteiger partial charge < -0.3 is 5.32 Å². The largest absolute Gasteiger partial charge is 0.324 e. The number of fused-ring (bicyclic) bond motifs is 1. The number of rotatable bonds is 4. The van der Waals surface area contributed by atoms with Gasteiger partial charge in [-0.25, -0.2) is 9.78 Å². The summed E-state index contributed by atoms with van der Waals surface area (Å²) in [5.41, 5.74) is 3.23. The number of nitrogens with one attached hydrogen (secondary N) is 3. The van der Waals surface area contributed by atoms with Gasteiger partial charge in [0.2, 0.25) is 5.95 Å². The van der Waals surface area contributed by atoms with Crippen molar-refractivity contribution in [3.05, 3.63) is 86.3 Å². The Balaban J connectivity index is 1.51. The molecular formula is C23H18Cl2N6O2. The van der Waals surface area contributed by atoms with E-state index in [0.717, 1.165) is 24.1 Å². The van der Waals surface area contributed by atoms with Crippen LogP contribution in [0.3, 0.4) is 0 Å². The van der Waals surface area contributed by atoms with Gasteiger partial charge in [-0.05, 0) is 37.5 Å². The van der Waals surface area contributed by atoms with Crippen LogP contribution < -0.4 is 16.2 Å². The van der Waals surface area contributed by atoms with Crippen LogP contribution in [0, 0.1) is 0 Å². The number of urea groups is 1. The normalized spacial score (nSPS) is 12.4. The number of amides is 2. The van der Waals surface area contributed by atoms with Gasteiger partial charge in [0.05, 0.1) is 21.4 Å². The number of aromatic amines is 1. The molecule has 0 saturated carbocycles. The van der Waals surface area contributed by atoms with Gasteiger partial charge in [-0.3, -0.25) is 15.1 Å². The lowest BCUT2D eigenvalue weighted by Crippen LogP contribution is -2.23. The second-order valence-corrected chi connectivity index (χ2v) is 8.38. The molecule has 4 aromatic rings. The molecule has 0 radical (unpaired) electrons. The first-order chi connectivity index (χ1) is 16.0. The average Bonchev–Trinajstić information content (AvgIpc) is 3.44. The zero-order valence-corrected chi connectivity index (χ0v) is 18.7. The zero-order valence-electron chi connectivity index (χ0n) is 17.2. The molecule has 1 aliphatic rings. The number of aryl methyl sites for hydroxylation is 1. The summed E-state index contributed by atoms with van der Waals surface area (Å²) in [7, 11) is 0. The molecule has 166 valence electrons. The second kappa shape index (κ2) is 8.73. The molecule has 0 unspecified atom stereocenters. The molecule has 0 saturated heterocycles. The van der Waals surface area contributed by atoms with Crippen molar-refractivity contribution in [3.63, 3.8) is 0 Å². The van der Waals surface area contributed by atoms with E-state index in [0.29, 0.717) is 39.2 Å². The molecule has 0 fully saturated rings. The van der Waals surface area contributed by atoms with Gasteiger partial charge in [0.25, 0.3) is 5.56 Å². The Labute approximate surface area is 198 Å². The molecule has 0 atom stereocenters. The van der Waals surface area contributed by atoms with Crippen molar-refractivity contribution in [2.24, 2.45) is 0 Å². The van der Waals surface area contributed by atoms with Gasteiger partial charge in [0.15, 0.2) is 0 Å². The number of hydrogen-bond acceptors (Lipinski definition) is 4. The minimum atomic E-state index is -0.516. The molecule has 2 amide bonds. The first-order valence-corrected chi connectivity index (χ1v) is 11.0. The second-order valence-electron chi connectivity index (χ2n) is 7.57. The number of anilines is 2. The van der Waals surface area contributed by atoms with Gasteiger partial charge in [-0.15, -0.1) is 0 Å². The Morgan fingerprint density at radius 3 is 2.61 bits per heavy atom. The van der Waals surface area contributed by atoms with Crippen molar-refractivity contribution in [1.29, 1.82) is 0 Å². The van der Waals surface area contributed by atoms with Crippen LogP contribution in [0.4, 0.5) is 16.3 Å². The molecule has 2 heterocycles. The Hall–Kier alpha value is -3.62. The smallest absolute Gasteiger partial charge is 0.308 e. The van der Waals surface area contributed by atoms with E-state index in [9.17, 15) is 9.59 Å². The van der Waals surface area contributed by atoms with Gasteiger partial charge in [0.1, 0.15) is 5.82 Å². The summed E-state index contributed by atoms with van der Waals surface area (Å²) in [6.45, 7) is 0. The van der Waals surface area contributed by atoms with Crippen molar-refractivity contribution in [3.8, 4) is 17.2 Å². The number of carbonyl (C=O) groups excluding carboxylic acids is 1. The van der Waals surface area contributed by atoms with Crippen molar-refractivity contribution in [2.45, 2.75) is 19.3 Å². The molecule has 2 aromatic heterocycles. The predicted octanol–water partition coefficient (Wildman–Crippen LogP) is 5.06. The lowest BCUT2D eigenvalue weighted by atomic mass is 10.2. The molecule has 3 N–H and O–H groups in total. The van der Waals surface area contributed by atoms with Crippen LogP contribution in [0.2, 0.25) is 10.0 Å². The standard InChI is InChI=1S/C23H18Cl2N6O2/c24-16-10-9-14(11-17(16)25)26-23(33)28-20-12-19(13-5-2-1-3-6-13)30-31(20)22-27-18-8-4-7-15(18)21(32)29-22/h1-3,5-6,9-12H,4,7-8H2,(H2,26,28,33)(H,27,29,32). The third kappa shape index (κ3) is 4.35. The van der Waals surface area contributed by atoms with E-state index in [4.69, 9.17) is 23.2 Å². The fraction of sp³-hybridized carbons (Fsp3) is 0.130. The Morgan fingerprint density at radius 2 is 1.82 bits per heavy atom. The highest BCUT2D eigenvalue weighted by Crippen LogP contribution is 2.27. The molecule has 1 aliphatic carbocycles. The highest BCUT2D eigenvalue weighted by molar-refractivity contribution is 6.42. The molecular weight excluding hydrogens is 463 g/mol. The summed E-state index contributed by atoms with van der Waals surface area (Å²) in [6.07, 6.45) is 2.34. The van der Waals surface area contributed by atoms with Gasteiger partial charge in [-0.1, -0.05) is 53.5 Å². The van der Waals surface area contributed by atoms with Crippen LogP contribution in [0.1, 0.15) is 17.7 Å². The fourth-order valence-corrected chi connectivity index (χ4v) is 4.06. The van der Waals surface area contributed by atoms with Crippen LogP contribution in [-0.2, 0) is 12.8 Å². The highest BCUT2D eigenvalue weighted by Gasteiger charge is 2.21. The monoisotopic (exact) mass is 480 g/mol. The van der Waals surface area contributed by atoms with E-state index in [1.807, 2.05) is 30.3 Å². The summed E-state index contributed by atoms with van der Waals surface area (Å²) in [5, 5.41) is 10.8. The molecule has 0 aliphatic heterocycles. The summed E-state index contributed by atoms with van der Waals surface area (Å²) in [4.78, 5) is 32.7. The summed E-state index contributed by atoms with van der Waals surface area (Å²) < 4.78 is 1.43. The minimum absolute atomic E-state index is 0.185. The number of benzene rings is 2. The number of H-pyrrole nitrogens is 1. The Kier molecular flexibility index (Phi) is 5.62. The minimum Gasteiger partial charge on any atom is -0.308 e. The Morgan fingerprint density at radius 1 is 1.00 bits per heavy atom. The number of hydrogen-bond donors (Lipinski definition) is 3. The lowest BCUT2D eigenvalue weighted by Gasteiger charge is -2.10. The molecule has 2 aromatic carbocycles. The molecule has 0 bridgehead atoms. The van der Waals surface area contributed by atoms with E-state index in [2.05, 4.69) is 25.7 Å². The van der Waals surface area contributed by atoms with Crippen molar-refractivity contribution >= 4 is 40.7 Å². The quantitative estimate of drug-likeness (QED) is 0.379. The molecule has 8 nitrogen and oxygen atoms in total. The van der Waals surface area contributed by atoms with E-state index < -0.39 is 6.03 Å². The highest BCUT2D eigenvalue weighted by atomic mass is 35.5. The van der Waals surface area contributed by atoms with Crippen LogP contribution in [0.5, 0.6) is 0 Å². The van der Waals surface area contributed by atoms with E-state index >= 15 is 0 Å². The van der Waals surface area contributed by atoms with Gasteiger partial charge in [0, 0.05) is 22.9 Å². The van der Waals surface area contributed by atoms with E-state index in [1.54, 1.807) is 24.3 Å². The summed E-state index contributed by atoms with van der Waals surface area (Å²) in [5.74, 6) is 0.583. The fourth-order valence-electron chi connectivity index (χ4n) is 3.76. The molecule has 0 spiro atoms. The van der Waals surface area contributed by atoms with Crippen molar-refractivity contribution in [2.75, 3.05) is 10.6 Å². The van der Waals surface area contributed by atoms with E-state index in [-0.39, 0.29) is 11.5 Å². The topological polar surface area (TPSA) is 105 Å².